The van der Waals surface area contributed by atoms with Crippen molar-refractivity contribution in [1.29, 1.82) is 0 Å². The van der Waals surface area contributed by atoms with Crippen molar-refractivity contribution in [2.24, 2.45) is 0 Å². The number of ether oxygens (including phenoxy) is 1. The third kappa shape index (κ3) is 3.68. The molecule has 3 aromatic rings. The molecule has 0 amide bonds. The molecule has 3 heterocycles. The second-order valence-electron chi connectivity index (χ2n) is 6.20. The van der Waals surface area contributed by atoms with Crippen LogP contribution in [0.4, 0.5) is 19.0 Å². The van der Waals surface area contributed by atoms with Crippen molar-refractivity contribution < 1.29 is 26.3 Å². The van der Waals surface area contributed by atoms with Gasteiger partial charge >= 0.3 is 6.18 Å². The Bertz CT molecular complexity index is 1120. The van der Waals surface area contributed by atoms with Gasteiger partial charge < -0.3 is 9.30 Å². The summed E-state index contributed by atoms with van der Waals surface area (Å²) in [5.74, 6) is 0.644. The molecule has 0 saturated carbocycles. The SMILES string of the molecule is O=S1(=O)CCn2ccc(-c3ccc(Oc4cc(C(F)(F)F)ccn4)cc3)c2N1. The van der Waals surface area contributed by atoms with Gasteiger partial charge in [-0.2, -0.15) is 13.2 Å². The predicted molar refractivity (Wildman–Crippen MR) is 96.6 cm³/mol. The molecule has 1 aliphatic rings. The number of rotatable bonds is 3. The monoisotopic (exact) mass is 409 g/mol. The molecule has 0 spiro atoms. The van der Waals surface area contributed by atoms with Gasteiger partial charge in [0.25, 0.3) is 0 Å². The number of fused-ring (bicyclic) bond motifs is 1. The standard InChI is InChI=1S/C18H14F3N3O3S/c19-18(20,21)13-5-7-22-16(11-13)27-14-3-1-12(2-4-14)15-6-8-24-9-10-28(25,26)23-17(15)24/h1-8,11,23H,9-10H2. The zero-order valence-electron chi connectivity index (χ0n) is 14.3. The molecule has 6 nitrogen and oxygen atoms in total. The summed E-state index contributed by atoms with van der Waals surface area (Å²) < 4.78 is 71.7. The molecule has 0 fully saturated rings. The van der Waals surface area contributed by atoms with E-state index in [-0.39, 0.29) is 11.6 Å². The summed E-state index contributed by atoms with van der Waals surface area (Å²) in [5, 5.41) is 0. The number of nitrogens with one attached hydrogen (secondary N) is 1. The maximum atomic E-state index is 12.8. The molecule has 1 N–H and O–H groups in total. The van der Waals surface area contributed by atoms with Crippen molar-refractivity contribution in [3.63, 3.8) is 0 Å². The van der Waals surface area contributed by atoms with E-state index < -0.39 is 21.8 Å². The zero-order chi connectivity index (χ0) is 19.9. The van der Waals surface area contributed by atoms with Crippen molar-refractivity contribution in [2.75, 3.05) is 10.5 Å². The largest absolute Gasteiger partial charge is 0.439 e. The number of hydrogen-bond acceptors (Lipinski definition) is 4. The number of benzene rings is 1. The van der Waals surface area contributed by atoms with E-state index >= 15 is 0 Å². The van der Waals surface area contributed by atoms with Crippen LogP contribution >= 0.6 is 0 Å². The van der Waals surface area contributed by atoms with Crippen LogP contribution in [0.2, 0.25) is 0 Å². The third-order valence-electron chi connectivity index (χ3n) is 4.27. The molecule has 146 valence electrons. The molecular formula is C18H14F3N3O3S. The molecular weight excluding hydrogens is 395 g/mol. The Hall–Kier alpha value is -3.01. The summed E-state index contributed by atoms with van der Waals surface area (Å²) in [7, 11) is -3.36. The highest BCUT2D eigenvalue weighted by Gasteiger charge is 2.31. The minimum Gasteiger partial charge on any atom is -0.439 e. The molecule has 0 unspecified atom stereocenters. The average molecular weight is 409 g/mol. The summed E-state index contributed by atoms with van der Waals surface area (Å²) >= 11 is 0. The lowest BCUT2D eigenvalue weighted by Crippen LogP contribution is -2.27. The van der Waals surface area contributed by atoms with E-state index in [0.717, 1.165) is 23.9 Å². The molecule has 0 saturated heterocycles. The number of pyridine rings is 1. The number of halogens is 3. The lowest BCUT2D eigenvalue weighted by atomic mass is 10.1. The van der Waals surface area contributed by atoms with E-state index in [0.29, 0.717) is 23.7 Å². The van der Waals surface area contributed by atoms with Gasteiger partial charge in [0, 0.05) is 30.6 Å². The lowest BCUT2D eigenvalue weighted by molar-refractivity contribution is -0.137. The fourth-order valence-electron chi connectivity index (χ4n) is 2.89. The van der Waals surface area contributed by atoms with Crippen molar-refractivity contribution in [1.82, 2.24) is 9.55 Å². The normalized spacial score (nSPS) is 15.5. The second-order valence-corrected chi connectivity index (χ2v) is 8.04. The molecule has 28 heavy (non-hydrogen) atoms. The van der Waals surface area contributed by atoms with Crippen LogP contribution in [0.25, 0.3) is 11.1 Å². The molecule has 1 aliphatic heterocycles. The van der Waals surface area contributed by atoms with E-state index in [1.54, 1.807) is 36.5 Å². The van der Waals surface area contributed by atoms with Crippen molar-refractivity contribution in [3.8, 4) is 22.8 Å². The van der Waals surface area contributed by atoms with Crippen molar-refractivity contribution >= 4 is 15.8 Å². The first-order valence-electron chi connectivity index (χ1n) is 8.22. The fraction of sp³-hybridized carbons (Fsp3) is 0.167. The van der Waals surface area contributed by atoms with Crippen molar-refractivity contribution in [3.05, 3.63) is 60.4 Å². The Morgan fingerprint density at radius 1 is 1.11 bits per heavy atom. The Morgan fingerprint density at radius 3 is 2.57 bits per heavy atom. The van der Waals surface area contributed by atoms with Crippen LogP contribution in [-0.2, 0) is 22.7 Å². The Morgan fingerprint density at radius 2 is 1.86 bits per heavy atom. The van der Waals surface area contributed by atoms with Gasteiger partial charge in [-0.05, 0) is 29.8 Å². The zero-order valence-corrected chi connectivity index (χ0v) is 15.1. The molecule has 0 atom stereocenters. The van der Waals surface area contributed by atoms with Crippen LogP contribution in [-0.4, -0.2) is 23.7 Å². The predicted octanol–water partition coefficient (Wildman–Crippen LogP) is 4.12. The summed E-state index contributed by atoms with van der Waals surface area (Å²) in [6.07, 6.45) is -1.65. The van der Waals surface area contributed by atoms with E-state index in [1.165, 1.54) is 0 Å². The van der Waals surface area contributed by atoms with Gasteiger partial charge in [-0.3, -0.25) is 4.72 Å². The first-order chi connectivity index (χ1) is 13.2. The highest BCUT2D eigenvalue weighted by molar-refractivity contribution is 7.92. The van der Waals surface area contributed by atoms with Gasteiger partial charge in [-0.25, -0.2) is 13.4 Å². The number of hydrogen-bond donors (Lipinski definition) is 1. The summed E-state index contributed by atoms with van der Waals surface area (Å²) in [6.45, 7) is 0.368. The van der Waals surface area contributed by atoms with Gasteiger partial charge in [0.15, 0.2) is 0 Å². The molecule has 10 heteroatoms. The Kier molecular flexibility index (Phi) is 4.30. The van der Waals surface area contributed by atoms with Crippen LogP contribution in [0.1, 0.15) is 5.56 Å². The molecule has 2 aromatic heterocycles. The minimum atomic E-state index is -4.48. The topological polar surface area (TPSA) is 73.2 Å². The number of nitrogens with zero attached hydrogens (tertiary/aromatic N) is 2. The van der Waals surface area contributed by atoms with Gasteiger partial charge in [-0.1, -0.05) is 12.1 Å². The first-order valence-corrected chi connectivity index (χ1v) is 9.88. The minimum absolute atomic E-state index is 0.0187. The highest BCUT2D eigenvalue weighted by Crippen LogP contribution is 2.34. The fourth-order valence-corrected chi connectivity index (χ4v) is 3.95. The van der Waals surface area contributed by atoms with E-state index in [1.807, 2.05) is 4.57 Å². The van der Waals surface area contributed by atoms with Crippen molar-refractivity contribution in [2.45, 2.75) is 12.7 Å². The van der Waals surface area contributed by atoms with Gasteiger partial charge in [0.05, 0.1) is 11.3 Å². The van der Waals surface area contributed by atoms with E-state index in [4.69, 9.17) is 4.74 Å². The molecule has 4 rings (SSSR count). The molecule has 0 aliphatic carbocycles. The second kappa shape index (κ2) is 6.55. The van der Waals surface area contributed by atoms with Crippen LogP contribution in [0, 0.1) is 0 Å². The molecule has 0 radical (unpaired) electrons. The maximum absolute atomic E-state index is 12.8. The number of anilines is 1. The number of aryl methyl sites for hydroxylation is 1. The van der Waals surface area contributed by atoms with E-state index in [9.17, 15) is 21.6 Å². The number of alkyl halides is 3. The number of aromatic nitrogens is 2. The van der Waals surface area contributed by atoms with Crippen LogP contribution in [0.5, 0.6) is 11.6 Å². The van der Waals surface area contributed by atoms with Gasteiger partial charge in [-0.15, -0.1) is 0 Å². The molecule has 0 bridgehead atoms. The highest BCUT2D eigenvalue weighted by atomic mass is 32.2. The van der Waals surface area contributed by atoms with Crippen LogP contribution in [0.3, 0.4) is 0 Å². The number of sulfonamides is 1. The van der Waals surface area contributed by atoms with E-state index in [2.05, 4.69) is 9.71 Å². The summed E-state index contributed by atoms with van der Waals surface area (Å²) in [5.41, 5.74) is 0.594. The Labute approximate surface area is 158 Å². The average Bonchev–Trinajstić information content (AvgIpc) is 3.04. The van der Waals surface area contributed by atoms with Crippen LogP contribution < -0.4 is 9.46 Å². The summed E-state index contributed by atoms with van der Waals surface area (Å²) in [4.78, 5) is 3.79. The van der Waals surface area contributed by atoms with Gasteiger partial charge in [0.1, 0.15) is 11.6 Å². The smallest absolute Gasteiger partial charge is 0.416 e. The third-order valence-corrected chi connectivity index (χ3v) is 5.49. The first kappa shape index (κ1) is 18.4. The quantitative estimate of drug-likeness (QED) is 0.706. The maximum Gasteiger partial charge on any atom is 0.416 e. The van der Waals surface area contributed by atoms with Gasteiger partial charge in [0.2, 0.25) is 15.9 Å². The van der Waals surface area contributed by atoms with Crippen LogP contribution in [0.15, 0.2) is 54.9 Å². The summed E-state index contributed by atoms with van der Waals surface area (Å²) in [6, 6.07) is 10.1. The Balaban J connectivity index is 1.57. The molecule has 1 aromatic carbocycles. The lowest BCUT2D eigenvalue weighted by Gasteiger charge is -2.19.